The van der Waals surface area contributed by atoms with Gasteiger partial charge in [0.15, 0.2) is 0 Å². The van der Waals surface area contributed by atoms with E-state index in [1.807, 2.05) is 33.3 Å². The van der Waals surface area contributed by atoms with E-state index in [4.69, 9.17) is 0 Å². The zero-order chi connectivity index (χ0) is 26.7. The summed E-state index contributed by atoms with van der Waals surface area (Å²) in [5.41, 5.74) is 4.69. The van der Waals surface area contributed by atoms with E-state index < -0.39 is 0 Å². The van der Waals surface area contributed by atoms with Crippen molar-refractivity contribution in [1.82, 2.24) is 14.7 Å². The molecule has 5 rings (SSSR count). The number of carbonyl (C=O) groups excluding carboxylic acids is 2. The maximum absolute atomic E-state index is 13.3. The van der Waals surface area contributed by atoms with Gasteiger partial charge in [-0.2, -0.15) is 0 Å². The summed E-state index contributed by atoms with van der Waals surface area (Å²) in [4.78, 5) is 34.3. The van der Waals surface area contributed by atoms with Crippen molar-refractivity contribution in [2.45, 2.75) is 51.5 Å². The molecule has 3 aromatic rings. The Balaban J connectivity index is 1.18. The second-order valence-corrected chi connectivity index (χ2v) is 12.5. The Hall–Kier alpha value is -2.96. The molecule has 1 aromatic heterocycles. The third kappa shape index (κ3) is 5.87. The van der Waals surface area contributed by atoms with E-state index in [9.17, 15) is 9.59 Å². The first-order valence-electron chi connectivity index (χ1n) is 13.8. The van der Waals surface area contributed by atoms with Crippen LogP contribution in [0.4, 0.5) is 0 Å². The highest BCUT2D eigenvalue weighted by molar-refractivity contribution is 7.10. The molecule has 1 saturated heterocycles. The van der Waals surface area contributed by atoms with Crippen LogP contribution in [0.25, 0.3) is 0 Å². The molecule has 1 fully saturated rings. The maximum Gasteiger partial charge on any atom is 0.253 e. The summed E-state index contributed by atoms with van der Waals surface area (Å²) >= 11 is 1.84. The van der Waals surface area contributed by atoms with Crippen LogP contribution in [-0.4, -0.2) is 65.8 Å². The van der Waals surface area contributed by atoms with Gasteiger partial charge >= 0.3 is 0 Å². The summed E-state index contributed by atoms with van der Waals surface area (Å²) in [6, 6.07) is 21.1. The second kappa shape index (κ2) is 11.4. The lowest BCUT2D eigenvalue weighted by Gasteiger charge is -2.36. The fraction of sp³-hybridized carbons (Fsp3) is 0.438. The molecule has 5 nitrogen and oxygen atoms in total. The van der Waals surface area contributed by atoms with Crippen LogP contribution < -0.4 is 0 Å². The Morgan fingerprint density at radius 2 is 1.58 bits per heavy atom. The molecule has 0 bridgehead atoms. The van der Waals surface area contributed by atoms with Crippen LogP contribution in [0.2, 0.25) is 0 Å². The van der Waals surface area contributed by atoms with Crippen molar-refractivity contribution >= 4 is 23.2 Å². The number of thiophene rings is 1. The van der Waals surface area contributed by atoms with Crippen molar-refractivity contribution in [3.8, 4) is 0 Å². The average molecular weight is 530 g/mol. The summed E-state index contributed by atoms with van der Waals surface area (Å²) < 4.78 is 0. The van der Waals surface area contributed by atoms with Crippen LogP contribution in [0.3, 0.4) is 0 Å². The lowest BCUT2D eigenvalue weighted by Crippen LogP contribution is -2.40. The van der Waals surface area contributed by atoms with Gasteiger partial charge in [-0.25, -0.2) is 0 Å². The van der Waals surface area contributed by atoms with Gasteiger partial charge in [-0.1, -0.05) is 63.2 Å². The van der Waals surface area contributed by atoms with Gasteiger partial charge in [0.05, 0.1) is 6.04 Å². The number of hydrogen-bond acceptors (Lipinski definition) is 4. The Bertz CT molecular complexity index is 1250. The molecule has 2 aliphatic rings. The number of rotatable bonds is 5. The lowest BCUT2D eigenvalue weighted by molar-refractivity contribution is -0.131. The maximum atomic E-state index is 13.3. The molecule has 3 heterocycles. The van der Waals surface area contributed by atoms with Crippen LogP contribution in [0.15, 0.2) is 66.0 Å². The smallest absolute Gasteiger partial charge is 0.253 e. The molecule has 0 N–H and O–H groups in total. The van der Waals surface area contributed by atoms with Gasteiger partial charge in [0.25, 0.3) is 5.91 Å². The zero-order valence-corrected chi connectivity index (χ0v) is 23.7. The Labute approximate surface area is 231 Å². The number of fused-ring (bicyclic) bond motifs is 1. The number of amides is 2. The van der Waals surface area contributed by atoms with E-state index in [0.29, 0.717) is 32.6 Å². The first-order valence-corrected chi connectivity index (χ1v) is 14.7. The SMILES string of the molecule is CC(C)(C)c1ccc(C(=O)N2CCCN(C(=O)CCN3CCc4sccc4C3c3ccccc3)CC2)cc1. The molecule has 2 aromatic carbocycles. The molecule has 0 saturated carbocycles. The van der Waals surface area contributed by atoms with Crippen LogP contribution in [0.5, 0.6) is 0 Å². The van der Waals surface area contributed by atoms with Crippen LogP contribution in [0, 0.1) is 0 Å². The topological polar surface area (TPSA) is 43.9 Å². The van der Waals surface area contributed by atoms with Crippen molar-refractivity contribution in [1.29, 1.82) is 0 Å². The highest BCUT2D eigenvalue weighted by Gasteiger charge is 2.30. The monoisotopic (exact) mass is 529 g/mol. The number of nitrogens with zero attached hydrogens (tertiary/aromatic N) is 3. The predicted octanol–water partition coefficient (Wildman–Crippen LogP) is 5.76. The fourth-order valence-electron chi connectivity index (χ4n) is 5.70. The van der Waals surface area contributed by atoms with Crippen LogP contribution >= 0.6 is 11.3 Å². The van der Waals surface area contributed by atoms with E-state index in [0.717, 1.165) is 31.5 Å². The third-order valence-corrected chi connectivity index (χ3v) is 8.92. The minimum absolute atomic E-state index is 0.0605. The summed E-state index contributed by atoms with van der Waals surface area (Å²) in [7, 11) is 0. The summed E-state index contributed by atoms with van der Waals surface area (Å²) in [6.45, 7) is 10.8. The van der Waals surface area contributed by atoms with E-state index in [-0.39, 0.29) is 23.3 Å². The minimum atomic E-state index is 0.0605. The largest absolute Gasteiger partial charge is 0.341 e. The molecular formula is C32H39N3O2S. The quantitative estimate of drug-likeness (QED) is 0.422. The molecule has 1 atom stereocenters. The number of hydrogen-bond donors (Lipinski definition) is 0. The summed E-state index contributed by atoms with van der Waals surface area (Å²) in [6.07, 6.45) is 2.36. The van der Waals surface area contributed by atoms with Crippen LogP contribution in [0.1, 0.15) is 71.6 Å². The van der Waals surface area contributed by atoms with Gasteiger partial charge in [0.1, 0.15) is 0 Å². The molecule has 6 heteroatoms. The predicted molar refractivity (Wildman–Crippen MR) is 155 cm³/mol. The van der Waals surface area contributed by atoms with Crippen molar-refractivity contribution in [2.24, 2.45) is 0 Å². The Kier molecular flexibility index (Phi) is 8.01. The van der Waals surface area contributed by atoms with E-state index in [1.165, 1.54) is 21.6 Å². The second-order valence-electron chi connectivity index (χ2n) is 11.5. The zero-order valence-electron chi connectivity index (χ0n) is 22.9. The fourth-order valence-corrected chi connectivity index (χ4v) is 6.60. The standard InChI is InChI=1S/C32H39N3O2S/c1-32(2,3)26-12-10-25(11-13-26)31(37)35-18-7-17-33(21-22-35)29(36)15-20-34-19-14-28-27(16-23-38-28)30(34)24-8-5-4-6-9-24/h4-6,8-13,16,23,30H,7,14-15,17-22H2,1-3H3. The first-order chi connectivity index (χ1) is 18.3. The van der Waals surface area contributed by atoms with E-state index >= 15 is 0 Å². The van der Waals surface area contributed by atoms with Gasteiger partial charge in [0.2, 0.25) is 5.91 Å². The third-order valence-electron chi connectivity index (χ3n) is 7.93. The Morgan fingerprint density at radius 1 is 0.868 bits per heavy atom. The van der Waals surface area contributed by atoms with Crippen LogP contribution in [-0.2, 0) is 16.6 Å². The molecule has 200 valence electrons. The molecular weight excluding hydrogens is 490 g/mol. The highest BCUT2D eigenvalue weighted by atomic mass is 32.1. The summed E-state index contributed by atoms with van der Waals surface area (Å²) in [5, 5.41) is 2.19. The van der Waals surface area contributed by atoms with Crippen molar-refractivity contribution in [2.75, 3.05) is 39.3 Å². The van der Waals surface area contributed by atoms with Crippen molar-refractivity contribution < 1.29 is 9.59 Å². The van der Waals surface area contributed by atoms with Gasteiger partial charge in [-0.15, -0.1) is 11.3 Å². The van der Waals surface area contributed by atoms with Crippen molar-refractivity contribution in [3.63, 3.8) is 0 Å². The Morgan fingerprint density at radius 3 is 2.32 bits per heavy atom. The minimum Gasteiger partial charge on any atom is -0.341 e. The molecule has 0 radical (unpaired) electrons. The summed E-state index contributed by atoms with van der Waals surface area (Å²) in [5.74, 6) is 0.252. The highest BCUT2D eigenvalue weighted by Crippen LogP contribution is 2.37. The van der Waals surface area contributed by atoms with Gasteiger partial charge < -0.3 is 9.80 Å². The lowest BCUT2D eigenvalue weighted by atomic mass is 9.86. The number of benzene rings is 2. The van der Waals surface area contributed by atoms with Gasteiger partial charge in [-0.05, 0) is 58.5 Å². The van der Waals surface area contributed by atoms with E-state index in [1.54, 1.807) is 0 Å². The molecule has 1 unspecified atom stereocenters. The molecule has 0 aliphatic carbocycles. The van der Waals surface area contributed by atoms with E-state index in [2.05, 4.69) is 79.6 Å². The normalized spacial score (nSPS) is 18.7. The van der Waals surface area contributed by atoms with Gasteiger partial charge in [0, 0.05) is 56.1 Å². The molecule has 2 aliphatic heterocycles. The molecule has 38 heavy (non-hydrogen) atoms. The van der Waals surface area contributed by atoms with Gasteiger partial charge in [-0.3, -0.25) is 14.5 Å². The first kappa shape index (κ1) is 26.6. The molecule has 0 spiro atoms. The number of carbonyl (C=O) groups is 2. The average Bonchev–Trinajstić information content (AvgIpc) is 3.27. The van der Waals surface area contributed by atoms with Crippen molar-refractivity contribution in [3.05, 3.63) is 93.2 Å². The molecule has 2 amide bonds.